The van der Waals surface area contributed by atoms with Gasteiger partial charge in [0.05, 0.1) is 22.5 Å². The van der Waals surface area contributed by atoms with Crippen LogP contribution in [0.25, 0.3) is 11.0 Å². The van der Waals surface area contributed by atoms with Gasteiger partial charge in [-0.1, -0.05) is 30.0 Å². The maximum Gasteiger partial charge on any atom is 0.234 e. The standard InChI is InChI=1S/C18H18BrN3OS/c1-3-22-16-7-5-4-6-15(16)21-18(22)24-11-17(23)20-14-9-8-12(2)10-13(14)19/h4-10H,3,11H2,1-2H3,(H,20,23). The fourth-order valence-corrected chi connectivity index (χ4v) is 3.98. The number of aromatic nitrogens is 2. The SMILES string of the molecule is CCn1c(SCC(=O)Nc2ccc(C)cc2Br)nc2ccccc21. The van der Waals surface area contributed by atoms with Crippen molar-refractivity contribution in [3.8, 4) is 0 Å². The van der Waals surface area contributed by atoms with Crippen LogP contribution >= 0.6 is 27.7 Å². The number of para-hydroxylation sites is 2. The monoisotopic (exact) mass is 403 g/mol. The fourth-order valence-electron chi connectivity index (χ4n) is 2.51. The third-order valence-corrected chi connectivity index (χ3v) is 5.30. The summed E-state index contributed by atoms with van der Waals surface area (Å²) in [6, 6.07) is 13.9. The number of benzene rings is 2. The van der Waals surface area contributed by atoms with Crippen LogP contribution in [0.2, 0.25) is 0 Å². The number of carbonyl (C=O) groups excluding carboxylic acids is 1. The van der Waals surface area contributed by atoms with Gasteiger partial charge in [0.25, 0.3) is 0 Å². The molecule has 4 nitrogen and oxygen atoms in total. The molecule has 0 atom stereocenters. The first-order chi connectivity index (χ1) is 11.6. The van der Waals surface area contributed by atoms with Crippen LogP contribution in [-0.2, 0) is 11.3 Å². The normalized spacial score (nSPS) is 11.0. The lowest BCUT2D eigenvalue weighted by Crippen LogP contribution is -2.15. The van der Waals surface area contributed by atoms with Gasteiger partial charge < -0.3 is 9.88 Å². The van der Waals surface area contributed by atoms with E-state index in [1.807, 2.05) is 43.3 Å². The molecule has 124 valence electrons. The molecule has 0 aliphatic heterocycles. The smallest absolute Gasteiger partial charge is 0.234 e. The molecule has 3 rings (SSSR count). The number of thioether (sulfide) groups is 1. The molecule has 0 fully saturated rings. The summed E-state index contributed by atoms with van der Waals surface area (Å²) < 4.78 is 3.02. The number of rotatable bonds is 5. The van der Waals surface area contributed by atoms with Crippen LogP contribution in [-0.4, -0.2) is 21.2 Å². The molecule has 0 spiro atoms. The van der Waals surface area contributed by atoms with Gasteiger partial charge in [0, 0.05) is 11.0 Å². The third-order valence-electron chi connectivity index (χ3n) is 3.67. The first-order valence-corrected chi connectivity index (χ1v) is 9.50. The van der Waals surface area contributed by atoms with Gasteiger partial charge in [0.15, 0.2) is 5.16 Å². The van der Waals surface area contributed by atoms with E-state index in [1.165, 1.54) is 11.8 Å². The van der Waals surface area contributed by atoms with Crippen molar-refractivity contribution in [1.82, 2.24) is 9.55 Å². The number of halogens is 1. The van der Waals surface area contributed by atoms with E-state index in [9.17, 15) is 4.79 Å². The molecule has 24 heavy (non-hydrogen) atoms. The molecule has 0 saturated heterocycles. The molecule has 0 bridgehead atoms. The van der Waals surface area contributed by atoms with E-state index in [4.69, 9.17) is 0 Å². The predicted octanol–water partition coefficient (Wildman–Crippen LogP) is 4.86. The first-order valence-electron chi connectivity index (χ1n) is 7.72. The van der Waals surface area contributed by atoms with E-state index in [0.29, 0.717) is 5.75 Å². The third kappa shape index (κ3) is 3.65. The topological polar surface area (TPSA) is 46.9 Å². The second-order valence-electron chi connectivity index (χ2n) is 5.45. The minimum atomic E-state index is -0.0423. The molecule has 0 saturated carbocycles. The molecule has 1 amide bonds. The lowest BCUT2D eigenvalue weighted by molar-refractivity contribution is -0.113. The van der Waals surface area contributed by atoms with Crippen molar-refractivity contribution in [1.29, 1.82) is 0 Å². The van der Waals surface area contributed by atoms with Crippen molar-refractivity contribution in [2.45, 2.75) is 25.5 Å². The molecule has 0 aliphatic carbocycles. The van der Waals surface area contributed by atoms with Crippen LogP contribution in [0, 0.1) is 6.92 Å². The molecular weight excluding hydrogens is 386 g/mol. The quantitative estimate of drug-likeness (QED) is 0.618. The molecule has 1 N–H and O–H groups in total. The average Bonchev–Trinajstić information content (AvgIpc) is 2.93. The van der Waals surface area contributed by atoms with Gasteiger partial charge in [-0.2, -0.15) is 0 Å². The van der Waals surface area contributed by atoms with Crippen molar-refractivity contribution in [2.75, 3.05) is 11.1 Å². The number of amides is 1. The van der Waals surface area contributed by atoms with E-state index in [1.54, 1.807) is 0 Å². The number of carbonyl (C=O) groups is 1. The summed E-state index contributed by atoms with van der Waals surface area (Å²) in [5.74, 6) is 0.281. The molecule has 3 aromatic rings. The zero-order valence-corrected chi connectivity index (χ0v) is 15.9. The summed E-state index contributed by atoms with van der Waals surface area (Å²) in [5, 5.41) is 3.81. The molecule has 0 radical (unpaired) electrons. The molecule has 2 aromatic carbocycles. The van der Waals surface area contributed by atoms with E-state index < -0.39 is 0 Å². The van der Waals surface area contributed by atoms with Gasteiger partial charge in [-0.3, -0.25) is 4.79 Å². The number of imidazole rings is 1. The summed E-state index contributed by atoms with van der Waals surface area (Å²) >= 11 is 4.94. The van der Waals surface area contributed by atoms with Crippen LogP contribution in [0.5, 0.6) is 0 Å². The Morgan fingerprint density at radius 3 is 2.83 bits per heavy atom. The summed E-state index contributed by atoms with van der Waals surface area (Å²) in [5.41, 5.74) is 3.99. The predicted molar refractivity (Wildman–Crippen MR) is 104 cm³/mol. The highest BCUT2D eigenvalue weighted by atomic mass is 79.9. The summed E-state index contributed by atoms with van der Waals surface area (Å²) in [6.45, 7) is 4.93. The molecule has 0 unspecified atom stereocenters. The largest absolute Gasteiger partial charge is 0.324 e. The maximum absolute atomic E-state index is 12.2. The number of hydrogen-bond donors (Lipinski definition) is 1. The second-order valence-corrected chi connectivity index (χ2v) is 7.24. The van der Waals surface area contributed by atoms with Crippen LogP contribution in [0.3, 0.4) is 0 Å². The minimum absolute atomic E-state index is 0.0423. The fraction of sp³-hybridized carbons (Fsp3) is 0.222. The number of aryl methyl sites for hydroxylation is 2. The van der Waals surface area contributed by atoms with Crippen LogP contribution in [0.1, 0.15) is 12.5 Å². The number of hydrogen-bond acceptors (Lipinski definition) is 3. The zero-order chi connectivity index (χ0) is 17.1. The number of anilines is 1. The summed E-state index contributed by atoms with van der Waals surface area (Å²) in [4.78, 5) is 16.9. The van der Waals surface area contributed by atoms with Gasteiger partial charge >= 0.3 is 0 Å². The zero-order valence-electron chi connectivity index (χ0n) is 13.5. The Morgan fingerprint density at radius 2 is 2.08 bits per heavy atom. The second kappa shape index (κ2) is 7.40. The van der Waals surface area contributed by atoms with Crippen LogP contribution < -0.4 is 5.32 Å². The molecule has 1 heterocycles. The van der Waals surface area contributed by atoms with Gasteiger partial charge in [0.1, 0.15) is 0 Å². The van der Waals surface area contributed by atoms with Crippen molar-refractivity contribution < 1.29 is 4.79 Å². The van der Waals surface area contributed by atoms with Crippen molar-refractivity contribution in [3.05, 3.63) is 52.5 Å². The Labute approximate surface area is 153 Å². The number of fused-ring (bicyclic) bond motifs is 1. The average molecular weight is 404 g/mol. The molecular formula is C18H18BrN3OS. The van der Waals surface area contributed by atoms with Crippen molar-refractivity contribution >= 4 is 50.3 Å². The number of nitrogens with one attached hydrogen (secondary N) is 1. The molecule has 0 aliphatic rings. The van der Waals surface area contributed by atoms with Crippen LogP contribution in [0.15, 0.2) is 52.1 Å². The van der Waals surface area contributed by atoms with E-state index in [-0.39, 0.29) is 5.91 Å². The van der Waals surface area contributed by atoms with Gasteiger partial charge in [0.2, 0.25) is 5.91 Å². The van der Waals surface area contributed by atoms with E-state index >= 15 is 0 Å². The Hall–Kier alpha value is -1.79. The van der Waals surface area contributed by atoms with Gasteiger partial charge in [-0.25, -0.2) is 4.98 Å². The first kappa shape index (κ1) is 17.0. The van der Waals surface area contributed by atoms with E-state index in [0.717, 1.165) is 38.5 Å². The minimum Gasteiger partial charge on any atom is -0.324 e. The van der Waals surface area contributed by atoms with E-state index in [2.05, 4.69) is 43.8 Å². The lowest BCUT2D eigenvalue weighted by Gasteiger charge is -2.08. The highest BCUT2D eigenvalue weighted by molar-refractivity contribution is 9.10. The Balaban J connectivity index is 1.70. The highest BCUT2D eigenvalue weighted by Gasteiger charge is 2.12. The molecule has 1 aromatic heterocycles. The summed E-state index contributed by atoms with van der Waals surface area (Å²) in [7, 11) is 0. The molecule has 6 heteroatoms. The summed E-state index contributed by atoms with van der Waals surface area (Å²) in [6.07, 6.45) is 0. The van der Waals surface area contributed by atoms with Crippen molar-refractivity contribution in [2.24, 2.45) is 0 Å². The Bertz CT molecular complexity index is 891. The van der Waals surface area contributed by atoms with Crippen molar-refractivity contribution in [3.63, 3.8) is 0 Å². The highest BCUT2D eigenvalue weighted by Crippen LogP contribution is 2.26. The van der Waals surface area contributed by atoms with Crippen LogP contribution in [0.4, 0.5) is 5.69 Å². The van der Waals surface area contributed by atoms with Gasteiger partial charge in [-0.05, 0) is 59.6 Å². The lowest BCUT2D eigenvalue weighted by atomic mass is 10.2. The maximum atomic E-state index is 12.2. The Kier molecular flexibility index (Phi) is 5.26. The Morgan fingerprint density at radius 1 is 1.29 bits per heavy atom. The van der Waals surface area contributed by atoms with Gasteiger partial charge in [-0.15, -0.1) is 0 Å². The number of nitrogens with zero attached hydrogens (tertiary/aromatic N) is 2.